The monoisotopic (exact) mass is 376 g/mol. The molecule has 0 aromatic carbocycles. The first-order valence-electron chi connectivity index (χ1n) is 6.95. The number of alkyl halides is 3. The van der Waals surface area contributed by atoms with Crippen LogP contribution in [0.5, 0.6) is 0 Å². The van der Waals surface area contributed by atoms with Crippen LogP contribution < -0.4 is 5.69 Å². The predicted molar refractivity (Wildman–Crippen MR) is 80.6 cm³/mol. The maximum Gasteiger partial charge on any atom is 0.449 e. The molecule has 25 heavy (non-hydrogen) atoms. The van der Waals surface area contributed by atoms with Gasteiger partial charge in [-0.15, -0.1) is 0 Å². The molecule has 2 aromatic heterocycles. The molecule has 1 aliphatic heterocycles. The maximum atomic E-state index is 12.5. The van der Waals surface area contributed by atoms with Gasteiger partial charge in [-0.3, -0.25) is 9.79 Å². The number of thioether (sulfide) groups is 1. The van der Waals surface area contributed by atoms with Gasteiger partial charge in [0.2, 0.25) is 5.76 Å². The molecule has 0 saturated carbocycles. The lowest BCUT2D eigenvalue weighted by Crippen LogP contribution is -2.28. The molecule has 3 heterocycles. The number of aliphatic imine (C=N–C) groups is 1. The SMILES string of the molecule is CC1N=C(n2cnn(Cc3ccc(C(F)(F)F)o3)c2=O)SC1C(=O)O. The van der Waals surface area contributed by atoms with Crippen molar-refractivity contribution in [3.05, 3.63) is 40.5 Å². The molecule has 8 nitrogen and oxygen atoms in total. The number of aromatic nitrogens is 3. The smallest absolute Gasteiger partial charge is 0.449 e. The average molecular weight is 376 g/mol. The molecule has 0 bridgehead atoms. The van der Waals surface area contributed by atoms with Crippen LogP contribution in [0.4, 0.5) is 13.2 Å². The third-order valence-corrected chi connectivity index (χ3v) is 4.78. The van der Waals surface area contributed by atoms with Crippen molar-refractivity contribution in [2.24, 2.45) is 4.99 Å². The van der Waals surface area contributed by atoms with Crippen LogP contribution in [-0.4, -0.2) is 41.9 Å². The second-order valence-corrected chi connectivity index (χ2v) is 6.34. The van der Waals surface area contributed by atoms with Crippen molar-refractivity contribution in [2.75, 3.05) is 0 Å². The molecular formula is C13H11F3N4O4S. The van der Waals surface area contributed by atoms with Gasteiger partial charge >= 0.3 is 17.8 Å². The van der Waals surface area contributed by atoms with Crippen molar-refractivity contribution in [1.29, 1.82) is 0 Å². The highest BCUT2D eigenvalue weighted by atomic mass is 32.2. The standard InChI is InChI=1S/C13H11F3N4O4S/c1-6-9(10(21)22)25-11(18-6)19-5-17-20(12(19)23)4-7-2-3-8(24-7)13(14,15)16/h2-3,5-6,9H,4H2,1H3,(H,21,22). The van der Waals surface area contributed by atoms with E-state index in [1.54, 1.807) is 6.92 Å². The summed E-state index contributed by atoms with van der Waals surface area (Å²) in [6.07, 6.45) is -3.47. The number of carboxylic acids is 1. The quantitative estimate of drug-likeness (QED) is 0.871. The minimum atomic E-state index is -4.61. The van der Waals surface area contributed by atoms with Gasteiger partial charge in [0, 0.05) is 0 Å². The topological polar surface area (TPSA) is 103 Å². The van der Waals surface area contributed by atoms with Crippen LogP contribution in [0, 0.1) is 0 Å². The van der Waals surface area contributed by atoms with E-state index in [1.807, 2.05) is 0 Å². The van der Waals surface area contributed by atoms with Crippen LogP contribution in [-0.2, 0) is 17.5 Å². The summed E-state index contributed by atoms with van der Waals surface area (Å²) in [5.41, 5.74) is -0.658. The molecule has 0 saturated heterocycles. The lowest BCUT2D eigenvalue weighted by atomic mass is 10.2. The third-order valence-electron chi connectivity index (χ3n) is 3.41. The number of hydrogen-bond donors (Lipinski definition) is 1. The highest BCUT2D eigenvalue weighted by molar-refractivity contribution is 8.15. The zero-order valence-corrected chi connectivity index (χ0v) is 13.4. The van der Waals surface area contributed by atoms with Crippen molar-refractivity contribution in [3.63, 3.8) is 0 Å². The van der Waals surface area contributed by atoms with E-state index >= 15 is 0 Å². The Morgan fingerprint density at radius 3 is 2.72 bits per heavy atom. The van der Waals surface area contributed by atoms with Crippen molar-refractivity contribution in [2.45, 2.75) is 30.9 Å². The molecule has 1 N–H and O–H groups in total. The number of nitrogens with zero attached hydrogens (tertiary/aromatic N) is 4. The molecule has 1 aliphatic rings. The van der Waals surface area contributed by atoms with E-state index < -0.39 is 34.9 Å². The minimum Gasteiger partial charge on any atom is -0.480 e. The normalized spacial score (nSPS) is 20.7. The summed E-state index contributed by atoms with van der Waals surface area (Å²) in [6.45, 7) is 1.31. The fourth-order valence-electron chi connectivity index (χ4n) is 2.20. The Hall–Kier alpha value is -2.50. The van der Waals surface area contributed by atoms with E-state index in [-0.39, 0.29) is 17.5 Å². The van der Waals surface area contributed by atoms with Gasteiger partial charge < -0.3 is 9.52 Å². The second kappa shape index (κ2) is 6.10. The number of carbonyl (C=O) groups is 1. The highest BCUT2D eigenvalue weighted by Gasteiger charge is 2.35. The van der Waals surface area contributed by atoms with E-state index in [1.165, 1.54) is 0 Å². The number of rotatable bonds is 3. The summed E-state index contributed by atoms with van der Waals surface area (Å²) < 4.78 is 44.2. The Labute approximate surface area is 142 Å². The van der Waals surface area contributed by atoms with Crippen LogP contribution in [0.1, 0.15) is 18.4 Å². The molecule has 0 fully saturated rings. The van der Waals surface area contributed by atoms with E-state index in [9.17, 15) is 22.8 Å². The van der Waals surface area contributed by atoms with Crippen molar-refractivity contribution in [1.82, 2.24) is 14.3 Å². The average Bonchev–Trinajstić information content (AvgIpc) is 3.19. The first-order chi connectivity index (χ1) is 11.7. The summed E-state index contributed by atoms with van der Waals surface area (Å²) in [5, 5.41) is 12.2. The Kier molecular flexibility index (Phi) is 4.22. The van der Waals surface area contributed by atoms with Gasteiger partial charge in [0.1, 0.15) is 23.9 Å². The summed E-state index contributed by atoms with van der Waals surface area (Å²) in [6, 6.07) is 1.36. The van der Waals surface area contributed by atoms with Crippen LogP contribution in [0.3, 0.4) is 0 Å². The van der Waals surface area contributed by atoms with Crippen molar-refractivity contribution < 1.29 is 27.5 Å². The summed E-state index contributed by atoms with van der Waals surface area (Å²) in [5.74, 6) is -2.30. The number of aliphatic carboxylic acids is 1. The number of halogens is 3. The summed E-state index contributed by atoms with van der Waals surface area (Å²) in [4.78, 5) is 27.5. The molecule has 2 aromatic rings. The van der Waals surface area contributed by atoms with E-state index in [2.05, 4.69) is 14.5 Å². The number of hydrogen-bond acceptors (Lipinski definition) is 6. The fraction of sp³-hybridized carbons (Fsp3) is 0.385. The van der Waals surface area contributed by atoms with E-state index in [0.29, 0.717) is 0 Å². The minimum absolute atomic E-state index is 0.0857. The van der Waals surface area contributed by atoms with Crippen LogP contribution in [0.2, 0.25) is 0 Å². The number of carboxylic acid groups (broad SMARTS) is 1. The van der Waals surface area contributed by atoms with Crippen LogP contribution in [0.25, 0.3) is 0 Å². The van der Waals surface area contributed by atoms with Gasteiger partial charge in [0.25, 0.3) is 0 Å². The van der Waals surface area contributed by atoms with Crippen molar-refractivity contribution >= 4 is 22.9 Å². The molecular weight excluding hydrogens is 365 g/mol. The maximum absolute atomic E-state index is 12.5. The zero-order chi connectivity index (χ0) is 18.4. The predicted octanol–water partition coefficient (Wildman–Crippen LogP) is 1.50. The Balaban J connectivity index is 1.81. The lowest BCUT2D eigenvalue weighted by Gasteiger charge is -2.05. The molecule has 12 heteroatoms. The van der Waals surface area contributed by atoms with Gasteiger partial charge in [-0.2, -0.15) is 18.3 Å². The van der Waals surface area contributed by atoms with E-state index in [0.717, 1.165) is 39.5 Å². The summed E-state index contributed by atoms with van der Waals surface area (Å²) >= 11 is 0.909. The second-order valence-electron chi connectivity index (χ2n) is 5.23. The van der Waals surface area contributed by atoms with Gasteiger partial charge in [-0.1, -0.05) is 11.8 Å². The van der Waals surface area contributed by atoms with Gasteiger partial charge in [0.15, 0.2) is 5.17 Å². The molecule has 0 spiro atoms. The third kappa shape index (κ3) is 3.34. The largest absolute Gasteiger partial charge is 0.480 e. The molecule has 2 unspecified atom stereocenters. The van der Waals surface area contributed by atoms with Gasteiger partial charge in [-0.25, -0.2) is 14.0 Å². The molecule has 134 valence electrons. The van der Waals surface area contributed by atoms with Gasteiger partial charge in [-0.05, 0) is 19.1 Å². The van der Waals surface area contributed by atoms with Crippen LogP contribution >= 0.6 is 11.8 Å². The lowest BCUT2D eigenvalue weighted by molar-refractivity contribution is -0.153. The number of furan rings is 1. The molecule has 0 aliphatic carbocycles. The Morgan fingerprint density at radius 2 is 2.16 bits per heavy atom. The zero-order valence-electron chi connectivity index (χ0n) is 12.6. The fourth-order valence-corrected chi connectivity index (χ4v) is 3.25. The highest BCUT2D eigenvalue weighted by Crippen LogP contribution is 2.30. The molecule has 0 amide bonds. The first kappa shape index (κ1) is 17.3. The van der Waals surface area contributed by atoms with E-state index in [4.69, 9.17) is 5.11 Å². The molecule has 3 rings (SSSR count). The summed E-state index contributed by atoms with van der Waals surface area (Å²) in [7, 11) is 0. The van der Waals surface area contributed by atoms with Crippen molar-refractivity contribution in [3.8, 4) is 0 Å². The van der Waals surface area contributed by atoms with Crippen LogP contribution in [0.15, 0.2) is 32.7 Å². The first-order valence-corrected chi connectivity index (χ1v) is 7.83. The van der Waals surface area contributed by atoms with Gasteiger partial charge in [0.05, 0.1) is 6.04 Å². The molecule has 2 atom stereocenters. The Morgan fingerprint density at radius 1 is 1.44 bits per heavy atom. The molecule has 0 radical (unpaired) electrons. The Bertz CT molecular complexity index is 898.